The molecule has 0 fully saturated rings. The number of hydrogen-bond acceptors (Lipinski definition) is 4. The third-order valence-corrected chi connectivity index (χ3v) is 6.42. The van der Waals surface area contributed by atoms with Crippen LogP contribution in [0.5, 0.6) is 0 Å². The fourth-order valence-electron chi connectivity index (χ4n) is 4.08. The number of rotatable bonds is 4. The van der Waals surface area contributed by atoms with Crippen molar-refractivity contribution >= 4 is 45.1 Å². The number of halogens is 2. The van der Waals surface area contributed by atoms with Gasteiger partial charge >= 0.3 is 5.97 Å². The lowest BCUT2D eigenvalue weighted by atomic mass is 9.95. The number of carbonyl (C=O) groups is 2. The smallest absolute Gasteiger partial charge is 0.337 e. The Morgan fingerprint density at radius 3 is 2.33 bits per heavy atom. The number of esters is 1. The lowest BCUT2D eigenvalue weighted by Crippen LogP contribution is -2.29. The average molecular weight is 523 g/mol. The molecule has 1 aliphatic heterocycles. The van der Waals surface area contributed by atoms with Crippen molar-refractivity contribution in [3.05, 3.63) is 105 Å². The summed E-state index contributed by atoms with van der Waals surface area (Å²) in [6.45, 7) is 0. The molecule has 1 aromatic heterocycles. The fourth-order valence-corrected chi connectivity index (χ4v) is 4.47. The van der Waals surface area contributed by atoms with Gasteiger partial charge in [0.25, 0.3) is 5.91 Å². The van der Waals surface area contributed by atoms with Gasteiger partial charge in [-0.1, -0.05) is 51.8 Å². The minimum absolute atomic E-state index is 0.190. The third-order valence-electron chi connectivity index (χ3n) is 5.64. The van der Waals surface area contributed by atoms with E-state index < -0.39 is 12.0 Å². The SMILES string of the molecule is COC(=O)c1ccc([C@@H]2c3c(-c4ccc(Br)cc4)n[nH]c3C(=O)N2c2ccc(Cl)cc2)cc1. The number of aromatic amines is 1. The van der Waals surface area contributed by atoms with Crippen LogP contribution in [0.4, 0.5) is 5.69 Å². The van der Waals surface area contributed by atoms with Crippen LogP contribution in [0.15, 0.2) is 77.3 Å². The monoisotopic (exact) mass is 521 g/mol. The van der Waals surface area contributed by atoms with E-state index in [2.05, 4.69) is 26.1 Å². The van der Waals surface area contributed by atoms with E-state index in [1.54, 1.807) is 29.2 Å². The number of fused-ring (bicyclic) bond motifs is 1. The number of anilines is 1. The summed E-state index contributed by atoms with van der Waals surface area (Å²) in [5.41, 5.74) is 4.78. The molecule has 4 aromatic rings. The third kappa shape index (κ3) is 3.73. The molecule has 6 nitrogen and oxygen atoms in total. The Kier molecular flexibility index (Phi) is 5.52. The molecule has 0 bridgehead atoms. The quantitative estimate of drug-likeness (QED) is 0.332. The van der Waals surface area contributed by atoms with E-state index in [0.717, 1.165) is 21.2 Å². The second kappa shape index (κ2) is 8.50. The first-order chi connectivity index (χ1) is 16.0. The summed E-state index contributed by atoms with van der Waals surface area (Å²) >= 11 is 9.55. The van der Waals surface area contributed by atoms with Gasteiger partial charge in [0.05, 0.1) is 24.4 Å². The zero-order valence-electron chi connectivity index (χ0n) is 17.4. The highest BCUT2D eigenvalue weighted by atomic mass is 79.9. The van der Waals surface area contributed by atoms with Gasteiger partial charge in [0.1, 0.15) is 5.69 Å². The van der Waals surface area contributed by atoms with Crippen LogP contribution < -0.4 is 4.90 Å². The first-order valence-electron chi connectivity index (χ1n) is 10.1. The molecule has 0 aliphatic carbocycles. The summed E-state index contributed by atoms with van der Waals surface area (Å²) < 4.78 is 5.77. The largest absolute Gasteiger partial charge is 0.465 e. The molecule has 0 radical (unpaired) electrons. The zero-order chi connectivity index (χ0) is 23.1. The molecule has 0 saturated carbocycles. The number of ether oxygens (including phenoxy) is 1. The van der Waals surface area contributed by atoms with Crippen molar-refractivity contribution in [2.75, 3.05) is 12.0 Å². The van der Waals surface area contributed by atoms with Crippen LogP contribution >= 0.6 is 27.5 Å². The van der Waals surface area contributed by atoms with Gasteiger partial charge in [0, 0.05) is 26.3 Å². The van der Waals surface area contributed by atoms with Crippen molar-refractivity contribution in [2.24, 2.45) is 0 Å². The molecular weight excluding hydrogens is 506 g/mol. The summed E-state index contributed by atoms with van der Waals surface area (Å²) in [5.74, 6) is -0.608. The first-order valence-corrected chi connectivity index (χ1v) is 11.3. The normalized spacial score (nSPS) is 14.9. The highest BCUT2D eigenvalue weighted by molar-refractivity contribution is 9.10. The van der Waals surface area contributed by atoms with E-state index in [1.165, 1.54) is 7.11 Å². The van der Waals surface area contributed by atoms with Gasteiger partial charge in [-0.25, -0.2) is 4.79 Å². The number of benzene rings is 3. The molecule has 0 saturated heterocycles. The minimum Gasteiger partial charge on any atom is -0.465 e. The van der Waals surface area contributed by atoms with Crippen LogP contribution in [-0.2, 0) is 4.74 Å². The van der Waals surface area contributed by atoms with Crippen molar-refractivity contribution in [3.8, 4) is 11.3 Å². The van der Waals surface area contributed by atoms with Gasteiger partial charge in [0.15, 0.2) is 0 Å². The summed E-state index contributed by atoms with van der Waals surface area (Å²) in [6, 6.07) is 21.5. The molecule has 1 atom stereocenters. The molecule has 1 N–H and O–H groups in total. The Hall–Kier alpha value is -3.42. The van der Waals surface area contributed by atoms with E-state index in [-0.39, 0.29) is 5.91 Å². The molecule has 1 amide bonds. The molecule has 5 rings (SSSR count). The Labute approximate surface area is 203 Å². The van der Waals surface area contributed by atoms with E-state index >= 15 is 0 Å². The fraction of sp³-hybridized carbons (Fsp3) is 0.0800. The van der Waals surface area contributed by atoms with Crippen molar-refractivity contribution < 1.29 is 14.3 Å². The van der Waals surface area contributed by atoms with E-state index in [4.69, 9.17) is 16.3 Å². The van der Waals surface area contributed by atoms with Gasteiger partial charge in [-0.3, -0.25) is 14.8 Å². The minimum atomic E-state index is -0.447. The van der Waals surface area contributed by atoms with Crippen molar-refractivity contribution in [1.29, 1.82) is 0 Å². The van der Waals surface area contributed by atoms with E-state index in [0.29, 0.717) is 27.7 Å². The predicted molar refractivity (Wildman–Crippen MR) is 130 cm³/mol. The number of nitrogens with one attached hydrogen (secondary N) is 1. The van der Waals surface area contributed by atoms with Crippen LogP contribution in [-0.4, -0.2) is 29.2 Å². The molecule has 164 valence electrons. The maximum Gasteiger partial charge on any atom is 0.337 e. The molecule has 33 heavy (non-hydrogen) atoms. The average Bonchev–Trinajstić information content (AvgIpc) is 3.39. The van der Waals surface area contributed by atoms with Crippen LogP contribution in [0.2, 0.25) is 5.02 Å². The van der Waals surface area contributed by atoms with Gasteiger partial charge in [0.2, 0.25) is 0 Å². The molecule has 0 spiro atoms. The Morgan fingerprint density at radius 1 is 1.03 bits per heavy atom. The Balaban J connectivity index is 1.68. The summed E-state index contributed by atoms with van der Waals surface area (Å²) in [7, 11) is 1.34. The summed E-state index contributed by atoms with van der Waals surface area (Å²) in [5, 5.41) is 8.01. The predicted octanol–water partition coefficient (Wildman–Crippen LogP) is 6.03. The highest BCUT2D eigenvalue weighted by Gasteiger charge is 2.43. The van der Waals surface area contributed by atoms with Gasteiger partial charge in [-0.15, -0.1) is 0 Å². The second-order valence-corrected chi connectivity index (χ2v) is 8.89. The second-order valence-electron chi connectivity index (χ2n) is 7.54. The molecule has 1 aliphatic rings. The lowest BCUT2D eigenvalue weighted by molar-refractivity contribution is 0.0600. The number of methoxy groups -OCH3 is 1. The van der Waals surface area contributed by atoms with Crippen LogP contribution in [0.3, 0.4) is 0 Å². The van der Waals surface area contributed by atoms with Crippen LogP contribution in [0, 0.1) is 0 Å². The van der Waals surface area contributed by atoms with Crippen molar-refractivity contribution in [2.45, 2.75) is 6.04 Å². The lowest BCUT2D eigenvalue weighted by Gasteiger charge is -2.26. The molecular formula is C25H17BrClN3O3. The van der Waals surface area contributed by atoms with Crippen LogP contribution in [0.1, 0.15) is 38.0 Å². The maximum absolute atomic E-state index is 13.5. The summed E-state index contributed by atoms with van der Waals surface area (Å²) in [4.78, 5) is 27.2. The van der Waals surface area contributed by atoms with E-state index in [1.807, 2.05) is 48.5 Å². The standard InChI is InChI=1S/C25H17BrClN3O3/c1-33-25(32)16-4-2-15(3-5-16)23-20-21(14-6-8-17(26)9-7-14)28-29-22(20)24(31)30(23)19-12-10-18(27)11-13-19/h2-13,23H,1H3,(H,28,29)/t23-/m1/s1. The Morgan fingerprint density at radius 2 is 1.70 bits per heavy atom. The van der Waals surface area contributed by atoms with E-state index in [9.17, 15) is 9.59 Å². The molecule has 3 aromatic carbocycles. The van der Waals surface area contributed by atoms with Crippen LogP contribution in [0.25, 0.3) is 11.3 Å². The zero-order valence-corrected chi connectivity index (χ0v) is 19.7. The highest BCUT2D eigenvalue weighted by Crippen LogP contribution is 2.45. The Bertz CT molecular complexity index is 1350. The number of nitrogens with zero attached hydrogens (tertiary/aromatic N) is 2. The number of aromatic nitrogens is 2. The summed E-state index contributed by atoms with van der Waals surface area (Å²) in [6.07, 6.45) is 0. The topological polar surface area (TPSA) is 75.3 Å². The molecule has 8 heteroatoms. The van der Waals surface area contributed by atoms with Gasteiger partial charge in [-0.2, -0.15) is 5.10 Å². The van der Waals surface area contributed by atoms with Crippen molar-refractivity contribution in [1.82, 2.24) is 10.2 Å². The van der Waals surface area contributed by atoms with Crippen molar-refractivity contribution in [3.63, 3.8) is 0 Å². The number of H-pyrrole nitrogens is 1. The number of hydrogen-bond donors (Lipinski definition) is 1. The molecule has 0 unspecified atom stereocenters. The van der Waals surface area contributed by atoms with Gasteiger partial charge < -0.3 is 4.74 Å². The maximum atomic E-state index is 13.5. The molecule has 2 heterocycles. The number of carbonyl (C=O) groups excluding carboxylic acids is 2. The van der Waals surface area contributed by atoms with Gasteiger partial charge in [-0.05, 0) is 54.1 Å². The first kappa shape index (κ1) is 21.4. The number of amides is 1.